The highest BCUT2D eigenvalue weighted by molar-refractivity contribution is 5.95. The maximum atomic E-state index is 13.7. The summed E-state index contributed by atoms with van der Waals surface area (Å²) in [5.41, 5.74) is 6.89. The second kappa shape index (κ2) is 8.26. The minimum atomic E-state index is -0.833. The van der Waals surface area contributed by atoms with Gasteiger partial charge in [0.2, 0.25) is 0 Å². The minimum Gasteiger partial charge on any atom is -0.485 e. The van der Waals surface area contributed by atoms with Gasteiger partial charge in [-0.25, -0.2) is 13.8 Å². The number of carboxylic acid groups (broad SMARTS) is 1. The van der Waals surface area contributed by atoms with Gasteiger partial charge in [0.15, 0.2) is 11.4 Å². The molecule has 7 nitrogen and oxygen atoms in total. The number of fused-ring (bicyclic) bond motifs is 1. The number of nitrogens with zero attached hydrogens (tertiary/aromatic N) is 2. The van der Waals surface area contributed by atoms with Crippen molar-refractivity contribution >= 4 is 17.5 Å². The van der Waals surface area contributed by atoms with E-state index >= 15 is 0 Å². The van der Waals surface area contributed by atoms with Crippen LogP contribution >= 0.6 is 0 Å². The number of carboxylic acids is 1. The van der Waals surface area contributed by atoms with E-state index in [1.165, 1.54) is 18.2 Å². The van der Waals surface area contributed by atoms with E-state index < -0.39 is 17.6 Å². The first kappa shape index (κ1) is 19.8. The van der Waals surface area contributed by atoms with Gasteiger partial charge in [0.1, 0.15) is 29.8 Å². The molecule has 3 aromatic rings. The van der Waals surface area contributed by atoms with Gasteiger partial charge in [-0.3, -0.25) is 14.6 Å². The third-order valence-corrected chi connectivity index (χ3v) is 3.48. The predicted molar refractivity (Wildman–Crippen MR) is 94.9 cm³/mol. The summed E-state index contributed by atoms with van der Waals surface area (Å²) in [6.07, 6.45) is 1.70. The molecular formula is C18H18F2N4O3. The number of nitrogens with two attached hydrogens (primary N) is 1. The van der Waals surface area contributed by atoms with E-state index in [4.69, 9.17) is 25.8 Å². The molecule has 142 valence electrons. The first-order valence-corrected chi connectivity index (χ1v) is 7.79. The van der Waals surface area contributed by atoms with Crippen molar-refractivity contribution in [2.45, 2.75) is 20.5 Å². The van der Waals surface area contributed by atoms with Crippen LogP contribution in [-0.2, 0) is 11.4 Å². The number of nitrogen functional groups attached to an aromatic ring is 1. The van der Waals surface area contributed by atoms with Crippen LogP contribution in [0.2, 0.25) is 0 Å². The topological polar surface area (TPSA) is 114 Å². The minimum absolute atomic E-state index is 0.118. The van der Waals surface area contributed by atoms with Crippen LogP contribution in [0.4, 0.5) is 8.78 Å². The molecule has 0 saturated carbocycles. The number of hydrogen-bond donors (Lipinski definition) is 3. The predicted octanol–water partition coefficient (Wildman–Crippen LogP) is 2.87. The zero-order valence-corrected chi connectivity index (χ0v) is 14.7. The van der Waals surface area contributed by atoms with Gasteiger partial charge in [-0.1, -0.05) is 6.07 Å². The van der Waals surface area contributed by atoms with Crippen LogP contribution in [0.25, 0.3) is 5.65 Å². The summed E-state index contributed by atoms with van der Waals surface area (Å²) < 4.78 is 34.5. The van der Waals surface area contributed by atoms with Crippen molar-refractivity contribution in [3.63, 3.8) is 0 Å². The van der Waals surface area contributed by atoms with Crippen molar-refractivity contribution in [3.05, 3.63) is 65.1 Å². The molecule has 4 N–H and O–H groups in total. The van der Waals surface area contributed by atoms with E-state index in [0.717, 1.165) is 6.92 Å². The van der Waals surface area contributed by atoms with Gasteiger partial charge < -0.3 is 15.6 Å². The molecule has 27 heavy (non-hydrogen) atoms. The van der Waals surface area contributed by atoms with Crippen LogP contribution in [0.3, 0.4) is 0 Å². The molecule has 0 aliphatic heterocycles. The summed E-state index contributed by atoms with van der Waals surface area (Å²) in [6.45, 7) is 2.55. The van der Waals surface area contributed by atoms with Crippen molar-refractivity contribution < 1.29 is 23.4 Å². The average molecular weight is 376 g/mol. The van der Waals surface area contributed by atoms with Gasteiger partial charge in [0.25, 0.3) is 5.97 Å². The normalized spacial score (nSPS) is 10.2. The number of amidine groups is 1. The van der Waals surface area contributed by atoms with E-state index in [1.54, 1.807) is 29.7 Å². The van der Waals surface area contributed by atoms with Crippen LogP contribution in [0.15, 0.2) is 36.5 Å². The number of carbonyl (C=O) groups is 1. The van der Waals surface area contributed by atoms with Crippen molar-refractivity contribution in [2.24, 2.45) is 5.73 Å². The van der Waals surface area contributed by atoms with Crippen LogP contribution in [0.5, 0.6) is 5.75 Å². The van der Waals surface area contributed by atoms with Gasteiger partial charge in [0.05, 0.1) is 11.3 Å². The number of imidazole rings is 1. The molecule has 0 saturated heterocycles. The fourth-order valence-electron chi connectivity index (χ4n) is 2.41. The maximum Gasteiger partial charge on any atom is 0.300 e. The maximum absolute atomic E-state index is 13.7. The summed E-state index contributed by atoms with van der Waals surface area (Å²) in [5, 5.41) is 15.0. The Kier molecular flexibility index (Phi) is 6.07. The number of ether oxygens (including phenoxy) is 1. The average Bonchev–Trinajstić information content (AvgIpc) is 2.90. The Balaban J connectivity index is 0.000000596. The first-order valence-electron chi connectivity index (χ1n) is 7.79. The van der Waals surface area contributed by atoms with Crippen molar-refractivity contribution in [3.8, 4) is 5.75 Å². The number of aliphatic carboxylic acids is 1. The van der Waals surface area contributed by atoms with Crippen molar-refractivity contribution in [2.75, 3.05) is 0 Å². The van der Waals surface area contributed by atoms with Crippen LogP contribution in [0, 0.1) is 24.0 Å². The fourth-order valence-corrected chi connectivity index (χ4v) is 2.41. The van der Waals surface area contributed by atoms with E-state index in [2.05, 4.69) is 4.98 Å². The highest BCUT2D eigenvalue weighted by atomic mass is 19.1. The van der Waals surface area contributed by atoms with Crippen LogP contribution in [0.1, 0.15) is 23.9 Å². The number of halogens is 2. The SMILES string of the molecule is CC(=O)O.Cc1nc2c(OCc3c(F)cccc3F)cccn2c1C(=N)N. The molecular weight excluding hydrogens is 358 g/mol. The third-order valence-electron chi connectivity index (χ3n) is 3.48. The first-order chi connectivity index (χ1) is 12.7. The summed E-state index contributed by atoms with van der Waals surface area (Å²) in [6, 6.07) is 6.98. The van der Waals surface area contributed by atoms with E-state index in [9.17, 15) is 8.78 Å². The zero-order valence-electron chi connectivity index (χ0n) is 14.7. The molecule has 1 aromatic carbocycles. The Hall–Kier alpha value is -3.49. The Bertz CT molecular complexity index is 977. The molecule has 2 aromatic heterocycles. The number of rotatable bonds is 4. The second-order valence-electron chi connectivity index (χ2n) is 5.53. The molecule has 0 aliphatic carbocycles. The van der Waals surface area contributed by atoms with Crippen molar-refractivity contribution in [1.29, 1.82) is 5.41 Å². The standard InChI is InChI=1S/C16H14F2N4O.C2H4O2/c1-9-14(15(19)20)22-7-3-6-13(16(22)21-9)23-8-10-11(17)4-2-5-12(10)18;1-2(3)4/h2-7H,8H2,1H3,(H3,19,20);1H3,(H,3,4). The molecule has 0 amide bonds. The number of hydrogen-bond acceptors (Lipinski definition) is 4. The lowest BCUT2D eigenvalue weighted by Gasteiger charge is -2.09. The summed E-state index contributed by atoms with van der Waals surface area (Å²) in [7, 11) is 0. The molecule has 3 rings (SSSR count). The molecule has 9 heteroatoms. The van der Waals surface area contributed by atoms with Gasteiger partial charge in [-0.05, 0) is 31.2 Å². The molecule has 0 atom stereocenters. The monoisotopic (exact) mass is 376 g/mol. The lowest BCUT2D eigenvalue weighted by Crippen LogP contribution is -2.15. The van der Waals surface area contributed by atoms with Crippen LogP contribution in [-0.4, -0.2) is 26.3 Å². The lowest BCUT2D eigenvalue weighted by molar-refractivity contribution is -0.134. The largest absolute Gasteiger partial charge is 0.485 e. The number of nitrogens with one attached hydrogen (secondary N) is 1. The molecule has 0 unspecified atom stereocenters. The molecule has 0 fully saturated rings. The number of aromatic nitrogens is 2. The Morgan fingerprint density at radius 3 is 2.44 bits per heavy atom. The van der Waals surface area contributed by atoms with Crippen molar-refractivity contribution in [1.82, 2.24) is 9.38 Å². The van der Waals surface area contributed by atoms with E-state index in [0.29, 0.717) is 22.8 Å². The smallest absolute Gasteiger partial charge is 0.300 e. The zero-order chi connectivity index (χ0) is 20.1. The van der Waals surface area contributed by atoms with E-state index in [1.807, 2.05) is 0 Å². The quantitative estimate of drug-likeness (QED) is 0.479. The molecule has 0 radical (unpaired) electrons. The molecule has 2 heterocycles. The third kappa shape index (κ3) is 4.57. The fraction of sp³-hybridized carbons (Fsp3) is 0.167. The van der Waals surface area contributed by atoms with Gasteiger partial charge in [-0.2, -0.15) is 0 Å². The van der Waals surface area contributed by atoms with Gasteiger partial charge in [-0.15, -0.1) is 0 Å². The van der Waals surface area contributed by atoms with Gasteiger partial charge >= 0.3 is 0 Å². The molecule has 0 bridgehead atoms. The lowest BCUT2D eigenvalue weighted by atomic mass is 10.2. The molecule has 0 aliphatic rings. The number of benzene rings is 1. The Labute approximate surface area is 153 Å². The number of pyridine rings is 1. The van der Waals surface area contributed by atoms with E-state index in [-0.39, 0.29) is 18.0 Å². The summed E-state index contributed by atoms with van der Waals surface area (Å²) >= 11 is 0. The summed E-state index contributed by atoms with van der Waals surface area (Å²) in [4.78, 5) is 13.3. The Morgan fingerprint density at radius 1 is 1.30 bits per heavy atom. The second-order valence-corrected chi connectivity index (χ2v) is 5.53. The van der Waals surface area contributed by atoms with Gasteiger partial charge in [0, 0.05) is 13.1 Å². The highest BCUT2D eigenvalue weighted by Gasteiger charge is 2.15. The number of aryl methyl sites for hydroxylation is 1. The Morgan fingerprint density at radius 2 is 1.89 bits per heavy atom. The highest BCUT2D eigenvalue weighted by Crippen LogP contribution is 2.23. The molecule has 0 spiro atoms. The van der Waals surface area contributed by atoms with Crippen LogP contribution < -0.4 is 10.5 Å². The summed E-state index contributed by atoms with van der Waals surface area (Å²) in [5.74, 6) is -1.93.